The van der Waals surface area contributed by atoms with Crippen molar-refractivity contribution in [2.24, 2.45) is 17.8 Å². The van der Waals surface area contributed by atoms with Gasteiger partial charge in [-0.05, 0) is 57.8 Å². The van der Waals surface area contributed by atoms with E-state index < -0.39 is 5.60 Å². The van der Waals surface area contributed by atoms with E-state index in [1.54, 1.807) is 0 Å². The molecule has 0 radical (unpaired) electrons. The van der Waals surface area contributed by atoms with E-state index in [2.05, 4.69) is 27.7 Å². The maximum absolute atomic E-state index is 11.2. The zero-order valence-corrected chi connectivity index (χ0v) is 11.6. The molecule has 2 bridgehead atoms. The first-order valence-electron chi connectivity index (χ1n) is 7.23. The smallest absolute Gasteiger partial charge is 0.0967 e. The van der Waals surface area contributed by atoms with E-state index in [4.69, 9.17) is 4.74 Å². The molecule has 2 aliphatic carbocycles. The van der Waals surface area contributed by atoms with Crippen molar-refractivity contribution in [2.75, 3.05) is 0 Å². The van der Waals surface area contributed by atoms with Gasteiger partial charge >= 0.3 is 0 Å². The van der Waals surface area contributed by atoms with Crippen molar-refractivity contribution in [3.8, 4) is 0 Å². The molecule has 2 nitrogen and oxygen atoms in total. The normalized spacial score (nSPS) is 56.6. The Balaban J connectivity index is 2.08. The van der Waals surface area contributed by atoms with E-state index in [1.165, 1.54) is 12.8 Å². The van der Waals surface area contributed by atoms with Crippen LogP contribution in [0.3, 0.4) is 0 Å². The summed E-state index contributed by atoms with van der Waals surface area (Å²) in [6.07, 6.45) is 5.61. The van der Waals surface area contributed by atoms with E-state index >= 15 is 0 Å². The van der Waals surface area contributed by atoms with Gasteiger partial charge in [0.1, 0.15) is 0 Å². The molecule has 17 heavy (non-hydrogen) atoms. The van der Waals surface area contributed by atoms with Crippen LogP contribution in [0.25, 0.3) is 0 Å². The van der Waals surface area contributed by atoms with Crippen LogP contribution < -0.4 is 0 Å². The van der Waals surface area contributed by atoms with Crippen LogP contribution in [-0.2, 0) is 4.74 Å². The summed E-state index contributed by atoms with van der Waals surface area (Å²) in [6, 6.07) is 0. The van der Waals surface area contributed by atoms with Crippen LogP contribution in [0.2, 0.25) is 0 Å². The van der Waals surface area contributed by atoms with Crippen molar-refractivity contribution in [3.63, 3.8) is 0 Å². The van der Waals surface area contributed by atoms with Gasteiger partial charge in [-0.1, -0.05) is 19.8 Å². The molecule has 4 rings (SSSR count). The molecule has 2 heteroatoms. The molecule has 2 aliphatic heterocycles. The first-order valence-corrected chi connectivity index (χ1v) is 7.23. The molecule has 98 valence electrons. The average molecular weight is 238 g/mol. The van der Waals surface area contributed by atoms with E-state index in [0.29, 0.717) is 17.8 Å². The highest BCUT2D eigenvalue weighted by atomic mass is 16.5. The minimum Gasteiger partial charge on any atom is -0.387 e. The molecule has 5 atom stereocenters. The van der Waals surface area contributed by atoms with Crippen molar-refractivity contribution in [3.05, 3.63) is 0 Å². The zero-order valence-electron chi connectivity index (χ0n) is 11.6. The highest BCUT2D eigenvalue weighted by Crippen LogP contribution is 2.62. The Kier molecular flexibility index (Phi) is 2.30. The second-order valence-corrected chi connectivity index (χ2v) is 7.40. The number of rotatable bonds is 0. The summed E-state index contributed by atoms with van der Waals surface area (Å²) < 4.78 is 6.33. The molecule has 0 aromatic heterocycles. The molecule has 1 N–H and O–H groups in total. The van der Waals surface area contributed by atoms with Gasteiger partial charge in [-0.15, -0.1) is 0 Å². The lowest BCUT2D eigenvalue weighted by molar-refractivity contribution is -0.354. The topological polar surface area (TPSA) is 29.5 Å². The van der Waals surface area contributed by atoms with Crippen LogP contribution in [0.15, 0.2) is 0 Å². The zero-order chi connectivity index (χ0) is 12.5. The number of hydrogen-bond donors (Lipinski definition) is 1. The minimum atomic E-state index is -0.566. The summed E-state index contributed by atoms with van der Waals surface area (Å²) in [5, 5.41) is 11.2. The van der Waals surface area contributed by atoms with Crippen molar-refractivity contribution >= 4 is 0 Å². The number of hydrogen-bond acceptors (Lipinski definition) is 2. The third-order valence-corrected chi connectivity index (χ3v) is 6.04. The second kappa shape index (κ2) is 3.27. The summed E-state index contributed by atoms with van der Waals surface area (Å²) >= 11 is 0. The quantitative estimate of drug-likeness (QED) is 0.702. The Hall–Kier alpha value is -0.0800. The van der Waals surface area contributed by atoms with Gasteiger partial charge in [-0.3, -0.25) is 0 Å². The molecule has 4 aliphatic rings. The van der Waals surface area contributed by atoms with Crippen LogP contribution in [0, 0.1) is 17.8 Å². The summed E-state index contributed by atoms with van der Waals surface area (Å²) in [4.78, 5) is 0. The molecule has 0 amide bonds. The van der Waals surface area contributed by atoms with Crippen LogP contribution >= 0.6 is 0 Å². The molecular weight excluding hydrogens is 212 g/mol. The predicted molar refractivity (Wildman–Crippen MR) is 67.7 cm³/mol. The number of aliphatic hydroxyl groups is 1. The Bertz CT molecular complexity index is 338. The maximum Gasteiger partial charge on any atom is 0.0967 e. The third-order valence-electron chi connectivity index (χ3n) is 6.04. The molecule has 4 fully saturated rings. The SMILES string of the molecule is C[C@H]1CCC[C@]2(O)[C@H]1[C@@H]1CC[C@]2(C)OC1(C)C. The van der Waals surface area contributed by atoms with Crippen LogP contribution in [0.1, 0.15) is 59.8 Å². The van der Waals surface area contributed by atoms with E-state index in [0.717, 1.165) is 19.3 Å². The van der Waals surface area contributed by atoms with Crippen molar-refractivity contribution in [1.82, 2.24) is 0 Å². The molecule has 0 aromatic rings. The lowest BCUT2D eigenvalue weighted by atomic mass is 9.48. The molecule has 0 unspecified atom stereocenters. The number of ether oxygens (including phenoxy) is 1. The highest BCUT2D eigenvalue weighted by Gasteiger charge is 2.68. The maximum atomic E-state index is 11.2. The van der Waals surface area contributed by atoms with E-state index in [-0.39, 0.29) is 11.2 Å². The van der Waals surface area contributed by atoms with Crippen LogP contribution in [0.4, 0.5) is 0 Å². The molecule has 2 saturated heterocycles. The largest absolute Gasteiger partial charge is 0.387 e. The van der Waals surface area contributed by atoms with Gasteiger partial charge in [0.2, 0.25) is 0 Å². The highest BCUT2D eigenvalue weighted by molar-refractivity contribution is 5.17. The summed E-state index contributed by atoms with van der Waals surface area (Å²) in [5.74, 6) is 1.62. The van der Waals surface area contributed by atoms with Gasteiger partial charge < -0.3 is 9.84 Å². The fourth-order valence-electron chi connectivity index (χ4n) is 5.26. The summed E-state index contributed by atoms with van der Waals surface area (Å²) in [6.45, 7) is 8.91. The van der Waals surface area contributed by atoms with E-state index in [9.17, 15) is 5.11 Å². The lowest BCUT2D eigenvalue weighted by Crippen LogP contribution is -2.74. The minimum absolute atomic E-state index is 0.0600. The Labute approximate surface area is 105 Å². The molecule has 0 aromatic carbocycles. The van der Waals surface area contributed by atoms with Crippen molar-refractivity contribution in [2.45, 2.75) is 76.6 Å². The number of fused-ring (bicyclic) bond motifs is 2. The van der Waals surface area contributed by atoms with Crippen molar-refractivity contribution < 1.29 is 9.84 Å². The Morgan fingerprint density at radius 3 is 2.47 bits per heavy atom. The molecule has 2 saturated carbocycles. The molecular formula is C15H26O2. The Morgan fingerprint density at radius 2 is 1.82 bits per heavy atom. The second-order valence-electron chi connectivity index (χ2n) is 7.40. The van der Waals surface area contributed by atoms with Gasteiger partial charge in [-0.2, -0.15) is 0 Å². The first-order chi connectivity index (χ1) is 7.80. The van der Waals surface area contributed by atoms with Crippen molar-refractivity contribution in [1.29, 1.82) is 0 Å². The van der Waals surface area contributed by atoms with Gasteiger partial charge in [0, 0.05) is 0 Å². The first kappa shape index (κ1) is 12.0. The predicted octanol–water partition coefficient (Wildman–Crippen LogP) is 3.13. The average Bonchev–Trinajstić information content (AvgIpc) is 2.18. The van der Waals surface area contributed by atoms with Gasteiger partial charge in [-0.25, -0.2) is 0 Å². The summed E-state index contributed by atoms with van der Waals surface area (Å²) in [7, 11) is 0. The van der Waals surface area contributed by atoms with E-state index in [1.807, 2.05) is 0 Å². The fraction of sp³-hybridized carbons (Fsp3) is 1.00. The third kappa shape index (κ3) is 1.34. The summed E-state index contributed by atoms with van der Waals surface area (Å²) in [5.41, 5.74) is -0.941. The fourth-order valence-corrected chi connectivity index (χ4v) is 5.26. The van der Waals surface area contributed by atoms with Gasteiger partial charge in [0.05, 0.1) is 16.8 Å². The van der Waals surface area contributed by atoms with Gasteiger partial charge in [0.25, 0.3) is 0 Å². The standard InChI is InChI=1S/C15H26O2/c1-10-6-5-8-15(16)12(10)11-7-9-14(15,4)17-13(11,2)3/h10-12,16H,5-9H2,1-4H3/t10-,11-,12+,14-,15-/m0/s1. The van der Waals surface area contributed by atoms with Crippen LogP contribution in [-0.4, -0.2) is 21.9 Å². The lowest BCUT2D eigenvalue weighted by Gasteiger charge is -2.68. The Morgan fingerprint density at radius 1 is 1.12 bits per heavy atom. The molecule has 2 heterocycles. The monoisotopic (exact) mass is 238 g/mol. The van der Waals surface area contributed by atoms with Gasteiger partial charge in [0.15, 0.2) is 0 Å². The van der Waals surface area contributed by atoms with Crippen LogP contribution in [0.5, 0.6) is 0 Å². The molecule has 0 spiro atoms.